The molecule has 0 amide bonds. The van der Waals surface area contributed by atoms with Crippen LogP contribution in [0, 0.1) is 16.0 Å². The summed E-state index contributed by atoms with van der Waals surface area (Å²) in [5.74, 6) is 1.85. The Hall–Kier alpha value is -3.14. The Morgan fingerprint density at radius 2 is 1.93 bits per heavy atom. The maximum Gasteiger partial charge on any atom is 0.332 e. The summed E-state index contributed by atoms with van der Waals surface area (Å²) in [6.07, 6.45) is 4.21. The standard InChI is InChI=1S/C19H24N6O4/c20-13-4-1-11(2-5-13)7-14-17(25(26)27)18(21)24-19(23-14)22-9-12-3-6-15-16(8-12)29-10-28-15/h3,6,8,11,13H,1-2,4-5,7,9-10,20H2,(H3,21,22,23,24). The minimum absolute atomic E-state index is 0.124. The molecule has 1 aromatic carbocycles. The van der Waals surface area contributed by atoms with Gasteiger partial charge >= 0.3 is 5.69 Å². The number of nitrogens with one attached hydrogen (secondary N) is 1. The van der Waals surface area contributed by atoms with Crippen LogP contribution < -0.4 is 26.3 Å². The molecule has 154 valence electrons. The highest BCUT2D eigenvalue weighted by molar-refractivity contribution is 5.58. The average Bonchev–Trinajstić information content (AvgIpc) is 3.15. The normalized spacial score (nSPS) is 20.4. The van der Waals surface area contributed by atoms with Crippen molar-refractivity contribution < 1.29 is 14.4 Å². The summed E-state index contributed by atoms with van der Waals surface area (Å²) >= 11 is 0. The van der Waals surface area contributed by atoms with Crippen molar-refractivity contribution >= 4 is 17.5 Å². The van der Waals surface area contributed by atoms with Crippen molar-refractivity contribution in [1.29, 1.82) is 0 Å². The summed E-state index contributed by atoms with van der Waals surface area (Å²) in [6, 6.07) is 5.83. The lowest BCUT2D eigenvalue weighted by molar-refractivity contribution is -0.385. The summed E-state index contributed by atoms with van der Waals surface area (Å²) in [7, 11) is 0. The van der Waals surface area contributed by atoms with Gasteiger partial charge in [0.25, 0.3) is 0 Å². The molecule has 10 heteroatoms. The molecule has 0 atom stereocenters. The van der Waals surface area contributed by atoms with Crippen LogP contribution in [0.25, 0.3) is 0 Å². The summed E-state index contributed by atoms with van der Waals surface area (Å²) in [4.78, 5) is 19.5. The first-order chi connectivity index (χ1) is 14.0. The van der Waals surface area contributed by atoms with Gasteiger partial charge in [0.1, 0.15) is 5.69 Å². The molecule has 1 aromatic heterocycles. The number of ether oxygens (including phenoxy) is 2. The molecule has 1 fully saturated rings. The van der Waals surface area contributed by atoms with Gasteiger partial charge in [0.2, 0.25) is 18.6 Å². The largest absolute Gasteiger partial charge is 0.454 e. The molecule has 4 rings (SSSR count). The van der Waals surface area contributed by atoms with E-state index in [2.05, 4.69) is 15.3 Å². The molecule has 2 aromatic rings. The molecule has 10 nitrogen and oxygen atoms in total. The average molecular weight is 400 g/mol. The van der Waals surface area contributed by atoms with Gasteiger partial charge in [-0.3, -0.25) is 10.1 Å². The van der Waals surface area contributed by atoms with Crippen molar-refractivity contribution in [2.45, 2.75) is 44.7 Å². The molecule has 5 N–H and O–H groups in total. The van der Waals surface area contributed by atoms with Crippen LogP contribution in [0.3, 0.4) is 0 Å². The van der Waals surface area contributed by atoms with Crippen LogP contribution >= 0.6 is 0 Å². The van der Waals surface area contributed by atoms with Gasteiger partial charge in [-0.15, -0.1) is 0 Å². The van der Waals surface area contributed by atoms with Gasteiger partial charge in [0.15, 0.2) is 11.5 Å². The first-order valence-electron chi connectivity index (χ1n) is 9.68. The maximum atomic E-state index is 11.5. The van der Waals surface area contributed by atoms with Crippen molar-refractivity contribution in [2.75, 3.05) is 17.8 Å². The lowest BCUT2D eigenvalue weighted by Gasteiger charge is -2.25. The van der Waals surface area contributed by atoms with Crippen LogP contribution in [0.5, 0.6) is 11.5 Å². The predicted molar refractivity (Wildman–Crippen MR) is 107 cm³/mol. The monoisotopic (exact) mass is 400 g/mol. The molecule has 2 aliphatic rings. The van der Waals surface area contributed by atoms with Gasteiger partial charge in [-0.2, -0.15) is 4.98 Å². The fourth-order valence-electron chi connectivity index (χ4n) is 3.84. The summed E-state index contributed by atoms with van der Waals surface area (Å²) in [5, 5.41) is 14.6. The van der Waals surface area contributed by atoms with E-state index >= 15 is 0 Å². The summed E-state index contributed by atoms with van der Waals surface area (Å²) in [5.41, 5.74) is 13.0. The highest BCUT2D eigenvalue weighted by Gasteiger charge is 2.27. The van der Waals surface area contributed by atoms with Crippen LogP contribution in [-0.2, 0) is 13.0 Å². The van der Waals surface area contributed by atoms with E-state index in [-0.39, 0.29) is 30.3 Å². The SMILES string of the molecule is Nc1nc(NCc2ccc3c(c2)OCO3)nc(CC2CCC(N)CC2)c1[N+](=O)[O-]. The van der Waals surface area contributed by atoms with Crippen LogP contribution in [0.4, 0.5) is 17.5 Å². The van der Waals surface area contributed by atoms with Gasteiger partial charge in [0, 0.05) is 12.6 Å². The second kappa shape index (κ2) is 8.08. The van der Waals surface area contributed by atoms with E-state index in [1.807, 2.05) is 18.2 Å². The fourth-order valence-corrected chi connectivity index (χ4v) is 3.84. The van der Waals surface area contributed by atoms with E-state index in [0.717, 1.165) is 31.2 Å². The van der Waals surface area contributed by atoms with Gasteiger partial charge in [-0.05, 0) is 55.7 Å². The first-order valence-corrected chi connectivity index (χ1v) is 9.68. The van der Waals surface area contributed by atoms with Crippen molar-refractivity contribution in [3.05, 3.63) is 39.6 Å². The number of nitrogen functional groups attached to an aromatic ring is 1. The Labute approximate surface area is 167 Å². The van der Waals surface area contributed by atoms with E-state index in [9.17, 15) is 10.1 Å². The van der Waals surface area contributed by atoms with E-state index < -0.39 is 4.92 Å². The van der Waals surface area contributed by atoms with E-state index in [1.54, 1.807) is 0 Å². The Morgan fingerprint density at radius 3 is 2.69 bits per heavy atom. The van der Waals surface area contributed by atoms with Crippen molar-refractivity contribution in [1.82, 2.24) is 9.97 Å². The molecule has 1 aliphatic heterocycles. The molecule has 0 saturated heterocycles. The number of hydrogen-bond donors (Lipinski definition) is 3. The number of fused-ring (bicyclic) bond motifs is 1. The lowest BCUT2D eigenvalue weighted by atomic mass is 9.83. The molecule has 0 radical (unpaired) electrons. The smallest absolute Gasteiger partial charge is 0.332 e. The lowest BCUT2D eigenvalue weighted by Crippen LogP contribution is -2.27. The van der Waals surface area contributed by atoms with Gasteiger partial charge < -0.3 is 26.3 Å². The zero-order valence-corrected chi connectivity index (χ0v) is 16.0. The topological polar surface area (TPSA) is 151 Å². The molecule has 0 bridgehead atoms. The Kier molecular flexibility index (Phi) is 5.34. The highest BCUT2D eigenvalue weighted by atomic mass is 16.7. The maximum absolute atomic E-state index is 11.5. The molecule has 1 saturated carbocycles. The number of aromatic nitrogens is 2. The molecular weight excluding hydrogens is 376 g/mol. The highest BCUT2D eigenvalue weighted by Crippen LogP contribution is 2.34. The fraction of sp³-hybridized carbons (Fsp3) is 0.474. The number of benzene rings is 1. The summed E-state index contributed by atoms with van der Waals surface area (Å²) in [6.45, 7) is 0.634. The number of nitro groups is 1. The van der Waals surface area contributed by atoms with Gasteiger partial charge in [-0.25, -0.2) is 4.98 Å². The second-order valence-corrected chi connectivity index (χ2v) is 7.51. The number of nitrogens with zero attached hydrogens (tertiary/aromatic N) is 3. The van der Waals surface area contributed by atoms with E-state index in [1.165, 1.54) is 0 Å². The molecule has 0 unspecified atom stereocenters. The molecular formula is C19H24N6O4. The van der Waals surface area contributed by atoms with Crippen LogP contribution in [0.2, 0.25) is 0 Å². The zero-order chi connectivity index (χ0) is 20.4. The van der Waals surface area contributed by atoms with Crippen molar-refractivity contribution in [3.63, 3.8) is 0 Å². The van der Waals surface area contributed by atoms with Crippen LogP contribution in [0.15, 0.2) is 18.2 Å². The Morgan fingerprint density at radius 1 is 1.17 bits per heavy atom. The Bertz CT molecular complexity index is 914. The van der Waals surface area contributed by atoms with E-state index in [4.69, 9.17) is 20.9 Å². The number of nitrogens with two attached hydrogens (primary N) is 2. The second-order valence-electron chi connectivity index (χ2n) is 7.51. The number of rotatable bonds is 6. The molecule has 2 heterocycles. The third-order valence-corrected chi connectivity index (χ3v) is 5.43. The molecule has 29 heavy (non-hydrogen) atoms. The van der Waals surface area contributed by atoms with Crippen LogP contribution in [0.1, 0.15) is 36.9 Å². The Balaban J connectivity index is 1.51. The minimum Gasteiger partial charge on any atom is -0.454 e. The van der Waals surface area contributed by atoms with E-state index in [0.29, 0.717) is 36.1 Å². The first kappa shape index (κ1) is 19.2. The molecule has 1 aliphatic carbocycles. The van der Waals surface area contributed by atoms with Gasteiger partial charge in [-0.1, -0.05) is 6.07 Å². The quantitative estimate of drug-likeness (QED) is 0.490. The minimum atomic E-state index is -0.499. The zero-order valence-electron chi connectivity index (χ0n) is 16.0. The van der Waals surface area contributed by atoms with Crippen molar-refractivity contribution in [2.24, 2.45) is 11.7 Å². The van der Waals surface area contributed by atoms with Crippen molar-refractivity contribution in [3.8, 4) is 11.5 Å². The van der Waals surface area contributed by atoms with Crippen LogP contribution in [-0.4, -0.2) is 27.7 Å². The number of anilines is 2. The molecule has 0 spiro atoms. The summed E-state index contributed by atoms with van der Waals surface area (Å²) < 4.78 is 10.7. The third kappa shape index (κ3) is 4.32. The number of hydrogen-bond acceptors (Lipinski definition) is 9. The third-order valence-electron chi connectivity index (χ3n) is 5.43. The van der Waals surface area contributed by atoms with Gasteiger partial charge in [0.05, 0.1) is 4.92 Å². The predicted octanol–water partition coefficient (Wildman–Crippen LogP) is 2.37.